The van der Waals surface area contributed by atoms with E-state index in [1.165, 1.54) is 0 Å². The van der Waals surface area contributed by atoms with Crippen LogP contribution >= 0.6 is 0 Å². The highest BCUT2D eigenvalue weighted by Crippen LogP contribution is 2.24. The first-order valence-corrected chi connectivity index (χ1v) is 6.83. The van der Waals surface area contributed by atoms with Crippen molar-refractivity contribution in [2.45, 2.75) is 39.2 Å². The third-order valence-electron chi connectivity index (χ3n) is 3.17. The first-order chi connectivity index (χ1) is 9.60. The van der Waals surface area contributed by atoms with Crippen LogP contribution in [0.3, 0.4) is 0 Å². The van der Waals surface area contributed by atoms with E-state index in [0.29, 0.717) is 11.7 Å². The van der Waals surface area contributed by atoms with Gasteiger partial charge in [0.25, 0.3) is 0 Å². The molecule has 2 aromatic rings. The van der Waals surface area contributed by atoms with Gasteiger partial charge in [0.1, 0.15) is 5.75 Å². The van der Waals surface area contributed by atoms with E-state index in [4.69, 9.17) is 15.0 Å². The van der Waals surface area contributed by atoms with Crippen LogP contribution < -0.4 is 10.5 Å². The number of nitrogens with zero attached hydrogens (tertiary/aromatic N) is 2. The minimum Gasteiger partial charge on any atom is -0.496 e. The molecule has 1 unspecified atom stereocenters. The Morgan fingerprint density at radius 1 is 1.40 bits per heavy atom. The summed E-state index contributed by atoms with van der Waals surface area (Å²) < 4.78 is 10.5. The van der Waals surface area contributed by atoms with Crippen molar-refractivity contribution in [3.8, 4) is 17.1 Å². The van der Waals surface area contributed by atoms with Crippen molar-refractivity contribution in [3.63, 3.8) is 0 Å². The molecule has 0 aliphatic heterocycles. The number of aromatic nitrogens is 2. The molecular weight excluding hydrogens is 254 g/mol. The summed E-state index contributed by atoms with van der Waals surface area (Å²) in [6, 6.07) is 6.05. The van der Waals surface area contributed by atoms with E-state index in [9.17, 15) is 0 Å². The van der Waals surface area contributed by atoms with Gasteiger partial charge in [0.2, 0.25) is 11.7 Å². The largest absolute Gasteiger partial charge is 0.496 e. The van der Waals surface area contributed by atoms with Crippen LogP contribution in [0.5, 0.6) is 5.75 Å². The van der Waals surface area contributed by atoms with Crippen molar-refractivity contribution < 1.29 is 9.26 Å². The Bertz CT molecular complexity index is 564. The number of benzene rings is 1. The van der Waals surface area contributed by atoms with Gasteiger partial charge in [-0.25, -0.2) is 0 Å². The summed E-state index contributed by atoms with van der Waals surface area (Å²) in [5, 5.41) is 4.02. The van der Waals surface area contributed by atoms with E-state index in [-0.39, 0.29) is 6.04 Å². The summed E-state index contributed by atoms with van der Waals surface area (Å²) in [5.41, 5.74) is 7.70. The Morgan fingerprint density at radius 2 is 2.20 bits per heavy atom. The van der Waals surface area contributed by atoms with Gasteiger partial charge in [0.15, 0.2) is 0 Å². The summed E-state index contributed by atoms with van der Waals surface area (Å²) in [6.45, 7) is 3.99. The molecule has 0 saturated heterocycles. The lowest BCUT2D eigenvalue weighted by Crippen LogP contribution is -2.14. The van der Waals surface area contributed by atoms with Crippen LogP contribution in [0.2, 0.25) is 0 Å². The molecular formula is C15H21N3O2. The molecule has 1 aromatic heterocycles. The predicted octanol–water partition coefficient (Wildman–Crippen LogP) is 2.72. The molecule has 1 aromatic carbocycles. The molecule has 0 aliphatic carbocycles. The third kappa shape index (κ3) is 3.57. The average molecular weight is 275 g/mol. The number of nitrogens with two attached hydrogens (primary N) is 1. The molecule has 0 radical (unpaired) electrons. The Balaban J connectivity index is 2.06. The quantitative estimate of drug-likeness (QED) is 0.877. The summed E-state index contributed by atoms with van der Waals surface area (Å²) in [7, 11) is 1.66. The van der Waals surface area contributed by atoms with Gasteiger partial charge in [-0.05, 0) is 50.5 Å². The molecule has 5 nitrogen and oxygen atoms in total. The molecule has 20 heavy (non-hydrogen) atoms. The minimum absolute atomic E-state index is 0.210. The minimum atomic E-state index is 0.210. The lowest BCUT2D eigenvalue weighted by atomic mass is 10.1. The van der Waals surface area contributed by atoms with E-state index in [2.05, 4.69) is 10.1 Å². The van der Waals surface area contributed by atoms with Gasteiger partial charge < -0.3 is 15.0 Å². The van der Waals surface area contributed by atoms with Gasteiger partial charge in [-0.1, -0.05) is 5.16 Å². The molecule has 0 spiro atoms. The van der Waals surface area contributed by atoms with Gasteiger partial charge in [0, 0.05) is 18.0 Å². The van der Waals surface area contributed by atoms with Gasteiger partial charge >= 0.3 is 0 Å². The molecule has 0 fully saturated rings. The molecule has 0 bridgehead atoms. The Kier molecular flexibility index (Phi) is 4.74. The molecule has 108 valence electrons. The highest BCUT2D eigenvalue weighted by molar-refractivity contribution is 5.58. The molecule has 0 amide bonds. The van der Waals surface area contributed by atoms with Crippen LogP contribution in [0.25, 0.3) is 11.4 Å². The lowest BCUT2D eigenvalue weighted by Gasteiger charge is -2.04. The standard InChI is InChI=1S/C15H21N3O2/c1-10-9-12(7-8-13(10)19-3)15-17-14(20-18-15)6-4-5-11(2)16/h7-9,11H,4-6,16H2,1-3H3. The third-order valence-corrected chi connectivity index (χ3v) is 3.17. The fourth-order valence-electron chi connectivity index (χ4n) is 2.07. The first-order valence-electron chi connectivity index (χ1n) is 6.83. The fraction of sp³-hybridized carbons (Fsp3) is 0.467. The van der Waals surface area contributed by atoms with Crippen LogP contribution in [0.1, 0.15) is 31.2 Å². The number of aryl methyl sites for hydroxylation is 2. The van der Waals surface area contributed by atoms with Gasteiger partial charge in [-0.2, -0.15) is 4.98 Å². The summed E-state index contributed by atoms with van der Waals surface area (Å²) >= 11 is 0. The highest BCUT2D eigenvalue weighted by Gasteiger charge is 2.10. The monoisotopic (exact) mass is 275 g/mol. The molecule has 0 aliphatic rings. The summed E-state index contributed by atoms with van der Waals surface area (Å²) in [4.78, 5) is 4.41. The van der Waals surface area contributed by atoms with Crippen molar-refractivity contribution in [1.82, 2.24) is 10.1 Å². The number of rotatable bonds is 6. The van der Waals surface area contributed by atoms with Gasteiger partial charge in [-0.3, -0.25) is 0 Å². The van der Waals surface area contributed by atoms with Crippen LogP contribution in [0.15, 0.2) is 22.7 Å². The van der Waals surface area contributed by atoms with E-state index in [1.54, 1.807) is 7.11 Å². The summed E-state index contributed by atoms with van der Waals surface area (Å²) in [5.74, 6) is 2.13. The van der Waals surface area contributed by atoms with E-state index < -0.39 is 0 Å². The normalized spacial score (nSPS) is 12.4. The average Bonchev–Trinajstić information content (AvgIpc) is 2.87. The van der Waals surface area contributed by atoms with Crippen molar-refractivity contribution in [3.05, 3.63) is 29.7 Å². The van der Waals surface area contributed by atoms with Crippen molar-refractivity contribution >= 4 is 0 Å². The molecule has 2 N–H and O–H groups in total. The van der Waals surface area contributed by atoms with Crippen LogP contribution in [0.4, 0.5) is 0 Å². The SMILES string of the molecule is COc1ccc(-c2noc(CCCC(C)N)n2)cc1C. The molecule has 0 saturated carbocycles. The number of hydrogen-bond donors (Lipinski definition) is 1. The smallest absolute Gasteiger partial charge is 0.226 e. The summed E-state index contributed by atoms with van der Waals surface area (Å²) in [6.07, 6.45) is 2.68. The Labute approximate surface area is 119 Å². The van der Waals surface area contributed by atoms with Crippen molar-refractivity contribution in [1.29, 1.82) is 0 Å². The highest BCUT2D eigenvalue weighted by atomic mass is 16.5. The second-order valence-corrected chi connectivity index (χ2v) is 5.07. The Morgan fingerprint density at radius 3 is 2.85 bits per heavy atom. The lowest BCUT2D eigenvalue weighted by molar-refractivity contribution is 0.373. The zero-order chi connectivity index (χ0) is 14.5. The fourth-order valence-corrected chi connectivity index (χ4v) is 2.07. The van der Waals surface area contributed by atoms with Gasteiger partial charge in [-0.15, -0.1) is 0 Å². The number of hydrogen-bond acceptors (Lipinski definition) is 5. The van der Waals surface area contributed by atoms with E-state index in [0.717, 1.165) is 36.1 Å². The second-order valence-electron chi connectivity index (χ2n) is 5.07. The van der Waals surface area contributed by atoms with Crippen LogP contribution in [-0.2, 0) is 6.42 Å². The van der Waals surface area contributed by atoms with Crippen LogP contribution in [-0.4, -0.2) is 23.3 Å². The maximum absolute atomic E-state index is 5.72. The first kappa shape index (κ1) is 14.5. The maximum atomic E-state index is 5.72. The number of methoxy groups -OCH3 is 1. The topological polar surface area (TPSA) is 74.2 Å². The van der Waals surface area contributed by atoms with Crippen molar-refractivity contribution in [2.75, 3.05) is 7.11 Å². The van der Waals surface area contributed by atoms with E-state index in [1.807, 2.05) is 32.0 Å². The van der Waals surface area contributed by atoms with Gasteiger partial charge in [0.05, 0.1) is 7.11 Å². The molecule has 5 heteroatoms. The Hall–Kier alpha value is -1.88. The zero-order valence-electron chi connectivity index (χ0n) is 12.2. The zero-order valence-corrected chi connectivity index (χ0v) is 12.2. The van der Waals surface area contributed by atoms with Crippen molar-refractivity contribution in [2.24, 2.45) is 5.73 Å². The maximum Gasteiger partial charge on any atom is 0.226 e. The predicted molar refractivity (Wildman–Crippen MR) is 77.6 cm³/mol. The molecule has 1 atom stereocenters. The van der Waals surface area contributed by atoms with E-state index >= 15 is 0 Å². The molecule has 1 heterocycles. The second kappa shape index (κ2) is 6.52. The van der Waals surface area contributed by atoms with Crippen LogP contribution in [0, 0.1) is 6.92 Å². The molecule has 2 rings (SSSR count). The number of ether oxygens (including phenoxy) is 1.